The van der Waals surface area contributed by atoms with E-state index in [-0.39, 0.29) is 24.4 Å². The molecule has 2 fully saturated rings. The minimum absolute atomic E-state index is 0.0486. The van der Waals surface area contributed by atoms with Gasteiger partial charge in [0.15, 0.2) is 0 Å². The van der Waals surface area contributed by atoms with E-state index in [0.29, 0.717) is 13.1 Å². The first-order chi connectivity index (χ1) is 8.58. The summed E-state index contributed by atoms with van der Waals surface area (Å²) in [5.74, 6) is 0.132. The topological polar surface area (TPSA) is 55.9 Å². The van der Waals surface area contributed by atoms with Crippen LogP contribution in [0.15, 0.2) is 0 Å². The number of hydrogen-bond acceptors (Lipinski definition) is 4. The zero-order chi connectivity index (χ0) is 13.1. The van der Waals surface area contributed by atoms with E-state index in [1.807, 2.05) is 19.0 Å². The summed E-state index contributed by atoms with van der Waals surface area (Å²) in [6.07, 6.45) is 0.979. The zero-order valence-electron chi connectivity index (χ0n) is 11.2. The highest BCUT2D eigenvalue weighted by Crippen LogP contribution is 2.13. The van der Waals surface area contributed by atoms with Crippen LogP contribution in [0.25, 0.3) is 0 Å². The predicted octanol–water partition coefficient (Wildman–Crippen LogP) is -1.42. The van der Waals surface area contributed by atoms with E-state index in [0.717, 1.165) is 26.1 Å². The van der Waals surface area contributed by atoms with Crippen molar-refractivity contribution in [3.05, 3.63) is 0 Å². The van der Waals surface area contributed by atoms with Crippen molar-refractivity contribution in [1.82, 2.24) is 20.0 Å². The highest BCUT2D eigenvalue weighted by atomic mass is 16.2. The van der Waals surface area contributed by atoms with E-state index in [1.54, 1.807) is 4.90 Å². The first-order valence-electron chi connectivity index (χ1n) is 6.50. The molecule has 2 amide bonds. The quantitative estimate of drug-likeness (QED) is 0.669. The van der Waals surface area contributed by atoms with Crippen molar-refractivity contribution < 1.29 is 9.59 Å². The summed E-state index contributed by atoms with van der Waals surface area (Å²) in [5, 5.41) is 3.11. The van der Waals surface area contributed by atoms with Crippen LogP contribution in [0.4, 0.5) is 0 Å². The summed E-state index contributed by atoms with van der Waals surface area (Å²) in [7, 11) is 4.06. The van der Waals surface area contributed by atoms with Gasteiger partial charge in [0, 0.05) is 19.6 Å². The lowest BCUT2D eigenvalue weighted by Gasteiger charge is -2.43. The highest BCUT2D eigenvalue weighted by molar-refractivity contribution is 5.87. The summed E-state index contributed by atoms with van der Waals surface area (Å²) >= 11 is 0. The maximum atomic E-state index is 12.0. The zero-order valence-corrected chi connectivity index (χ0v) is 11.2. The molecule has 0 aromatic heterocycles. The van der Waals surface area contributed by atoms with Crippen LogP contribution in [0, 0.1) is 0 Å². The fourth-order valence-corrected chi connectivity index (χ4v) is 2.54. The third-order valence-corrected chi connectivity index (χ3v) is 3.54. The molecule has 2 heterocycles. The molecule has 18 heavy (non-hydrogen) atoms. The summed E-state index contributed by atoms with van der Waals surface area (Å²) in [6.45, 7) is 3.86. The molecular formula is C12H22N4O2. The van der Waals surface area contributed by atoms with Crippen molar-refractivity contribution in [2.24, 2.45) is 0 Å². The van der Waals surface area contributed by atoms with E-state index >= 15 is 0 Å². The molecule has 0 aromatic rings. The molecule has 0 saturated carbocycles. The lowest BCUT2D eigenvalue weighted by Crippen LogP contribution is -2.65. The van der Waals surface area contributed by atoms with Crippen LogP contribution in [-0.4, -0.2) is 85.9 Å². The minimum Gasteiger partial charge on any atom is -0.339 e. The monoisotopic (exact) mass is 254 g/mol. The van der Waals surface area contributed by atoms with Crippen molar-refractivity contribution in [1.29, 1.82) is 0 Å². The molecule has 0 aliphatic carbocycles. The molecule has 1 atom stereocenters. The molecule has 2 rings (SSSR count). The van der Waals surface area contributed by atoms with Gasteiger partial charge < -0.3 is 20.0 Å². The summed E-state index contributed by atoms with van der Waals surface area (Å²) in [5.41, 5.74) is 0. The van der Waals surface area contributed by atoms with Crippen LogP contribution in [-0.2, 0) is 9.59 Å². The predicted molar refractivity (Wildman–Crippen MR) is 68.1 cm³/mol. The number of carbonyl (C=O) groups is 2. The lowest BCUT2D eigenvalue weighted by molar-refractivity contribution is -0.150. The molecular weight excluding hydrogens is 232 g/mol. The van der Waals surface area contributed by atoms with Crippen LogP contribution >= 0.6 is 0 Å². The summed E-state index contributed by atoms with van der Waals surface area (Å²) < 4.78 is 0. The van der Waals surface area contributed by atoms with Crippen molar-refractivity contribution in [2.45, 2.75) is 12.5 Å². The molecule has 1 N–H and O–H groups in total. The molecule has 6 nitrogen and oxygen atoms in total. The van der Waals surface area contributed by atoms with Gasteiger partial charge in [-0.05, 0) is 27.1 Å². The average molecular weight is 254 g/mol. The van der Waals surface area contributed by atoms with Gasteiger partial charge >= 0.3 is 0 Å². The minimum atomic E-state index is 0.0486. The van der Waals surface area contributed by atoms with E-state index in [2.05, 4.69) is 10.2 Å². The largest absolute Gasteiger partial charge is 0.339 e. The van der Waals surface area contributed by atoms with Crippen molar-refractivity contribution in [3.8, 4) is 0 Å². The van der Waals surface area contributed by atoms with Gasteiger partial charge in [-0.2, -0.15) is 0 Å². The van der Waals surface area contributed by atoms with E-state index in [4.69, 9.17) is 0 Å². The SMILES string of the molecule is CN(C)CCCN1CC2CNCC(=O)N2CC1=O. The Labute approximate surface area is 108 Å². The maximum Gasteiger partial charge on any atom is 0.242 e. The van der Waals surface area contributed by atoms with E-state index in [1.165, 1.54) is 0 Å². The van der Waals surface area contributed by atoms with Gasteiger partial charge in [0.25, 0.3) is 0 Å². The van der Waals surface area contributed by atoms with Crippen LogP contribution in [0.1, 0.15) is 6.42 Å². The molecule has 6 heteroatoms. The Morgan fingerprint density at radius 1 is 1.33 bits per heavy atom. The lowest BCUT2D eigenvalue weighted by atomic mass is 10.1. The first kappa shape index (κ1) is 13.3. The maximum absolute atomic E-state index is 12.0. The molecule has 1 unspecified atom stereocenters. The molecule has 0 bridgehead atoms. The fourth-order valence-electron chi connectivity index (χ4n) is 2.54. The summed E-state index contributed by atoms with van der Waals surface area (Å²) in [4.78, 5) is 29.4. The van der Waals surface area contributed by atoms with Gasteiger partial charge in [0.1, 0.15) is 6.54 Å². The number of nitrogens with one attached hydrogen (secondary N) is 1. The molecule has 2 aliphatic heterocycles. The van der Waals surface area contributed by atoms with E-state index in [9.17, 15) is 9.59 Å². The van der Waals surface area contributed by atoms with Crippen LogP contribution in [0.5, 0.6) is 0 Å². The average Bonchev–Trinajstić information content (AvgIpc) is 2.31. The highest BCUT2D eigenvalue weighted by Gasteiger charge is 2.36. The fraction of sp³-hybridized carbons (Fsp3) is 0.833. The number of amides is 2. The number of rotatable bonds is 4. The Morgan fingerprint density at radius 2 is 2.11 bits per heavy atom. The summed E-state index contributed by atoms with van der Waals surface area (Å²) in [6, 6.07) is 0.156. The van der Waals surface area contributed by atoms with Crippen LogP contribution in [0.2, 0.25) is 0 Å². The standard InChI is InChI=1S/C12H22N4O2/c1-14(2)4-3-5-15-8-10-6-13-7-11(17)16(10)9-12(15)18/h10,13H,3-9H2,1-2H3. The number of nitrogens with zero attached hydrogens (tertiary/aromatic N) is 3. The van der Waals surface area contributed by atoms with Gasteiger partial charge in [0.2, 0.25) is 11.8 Å². The molecule has 2 aliphatic rings. The number of piperazine rings is 2. The van der Waals surface area contributed by atoms with Gasteiger partial charge in [-0.1, -0.05) is 0 Å². The first-order valence-corrected chi connectivity index (χ1v) is 6.50. The smallest absolute Gasteiger partial charge is 0.242 e. The Morgan fingerprint density at radius 3 is 2.83 bits per heavy atom. The Hall–Kier alpha value is -1.14. The third kappa shape index (κ3) is 3.00. The van der Waals surface area contributed by atoms with Crippen molar-refractivity contribution in [3.63, 3.8) is 0 Å². The Bertz CT molecular complexity index is 332. The van der Waals surface area contributed by atoms with Crippen LogP contribution in [0.3, 0.4) is 0 Å². The number of fused-ring (bicyclic) bond motifs is 1. The van der Waals surface area contributed by atoms with Gasteiger partial charge in [-0.3, -0.25) is 9.59 Å². The second-order valence-electron chi connectivity index (χ2n) is 5.30. The molecule has 0 aromatic carbocycles. The second-order valence-corrected chi connectivity index (χ2v) is 5.30. The number of hydrogen-bond donors (Lipinski definition) is 1. The Balaban J connectivity index is 1.87. The third-order valence-electron chi connectivity index (χ3n) is 3.54. The second kappa shape index (κ2) is 5.67. The molecule has 0 radical (unpaired) electrons. The molecule has 0 spiro atoms. The van der Waals surface area contributed by atoms with Crippen LogP contribution < -0.4 is 5.32 Å². The van der Waals surface area contributed by atoms with Crippen molar-refractivity contribution >= 4 is 11.8 Å². The molecule has 2 saturated heterocycles. The Kier molecular flexibility index (Phi) is 4.19. The normalized spacial score (nSPS) is 24.7. The van der Waals surface area contributed by atoms with Gasteiger partial charge in [0.05, 0.1) is 12.6 Å². The van der Waals surface area contributed by atoms with Gasteiger partial charge in [-0.25, -0.2) is 0 Å². The van der Waals surface area contributed by atoms with E-state index < -0.39 is 0 Å². The molecule has 102 valence electrons. The number of carbonyl (C=O) groups excluding carboxylic acids is 2. The van der Waals surface area contributed by atoms with Crippen molar-refractivity contribution in [2.75, 3.05) is 53.4 Å². The van der Waals surface area contributed by atoms with Gasteiger partial charge in [-0.15, -0.1) is 0 Å².